The summed E-state index contributed by atoms with van der Waals surface area (Å²) in [7, 11) is 0. The van der Waals surface area contributed by atoms with Crippen LogP contribution in [0.5, 0.6) is 0 Å². The van der Waals surface area contributed by atoms with E-state index in [1.807, 2.05) is 6.21 Å². The molecule has 0 fully saturated rings. The van der Waals surface area contributed by atoms with Gasteiger partial charge in [-0.1, -0.05) is 42.0 Å². The summed E-state index contributed by atoms with van der Waals surface area (Å²) in [5, 5.41) is 0. The summed E-state index contributed by atoms with van der Waals surface area (Å²) in [5.41, 5.74) is 2.79. The lowest BCUT2D eigenvalue weighted by Crippen LogP contribution is -2.00. The van der Waals surface area contributed by atoms with Gasteiger partial charge in [0.2, 0.25) is 0 Å². The highest BCUT2D eigenvalue weighted by atomic mass is 14.7. The lowest BCUT2D eigenvalue weighted by Gasteiger charge is -2.12. The molecule has 0 N–H and O–H groups in total. The van der Waals surface area contributed by atoms with Crippen molar-refractivity contribution in [3.05, 3.63) is 47.6 Å². The Labute approximate surface area is 111 Å². The molecule has 0 radical (unpaired) electrons. The van der Waals surface area contributed by atoms with Crippen molar-refractivity contribution >= 4 is 6.21 Å². The number of rotatable bonds is 2. The van der Waals surface area contributed by atoms with Crippen LogP contribution in [-0.4, -0.2) is 12.8 Å². The topological polar surface area (TPSA) is 12.4 Å². The first-order chi connectivity index (χ1) is 8.84. The summed E-state index contributed by atoms with van der Waals surface area (Å²) in [6.45, 7) is 3.12. The predicted molar refractivity (Wildman–Crippen MR) is 80.1 cm³/mol. The van der Waals surface area contributed by atoms with Crippen molar-refractivity contribution in [3.8, 4) is 0 Å². The predicted octanol–water partition coefficient (Wildman–Crippen LogP) is 4.64. The van der Waals surface area contributed by atoms with Crippen molar-refractivity contribution in [2.45, 2.75) is 39.0 Å². The lowest BCUT2D eigenvalue weighted by molar-refractivity contribution is 0.601. The Kier molecular flexibility index (Phi) is 5.19. The molecular weight excluding hydrogens is 218 g/mol. The van der Waals surface area contributed by atoms with Crippen LogP contribution in [0, 0.1) is 5.92 Å². The van der Waals surface area contributed by atoms with Gasteiger partial charge in [0, 0.05) is 12.8 Å². The smallest absolute Gasteiger partial charge is 0.0395 e. The van der Waals surface area contributed by atoms with Gasteiger partial charge in [0.15, 0.2) is 0 Å². The lowest BCUT2D eigenvalue weighted by atomic mass is 9.93. The van der Waals surface area contributed by atoms with Crippen molar-refractivity contribution < 1.29 is 0 Å². The zero-order valence-electron chi connectivity index (χ0n) is 11.3. The minimum atomic E-state index is 0.646. The van der Waals surface area contributed by atoms with E-state index in [2.05, 4.69) is 48.4 Å². The van der Waals surface area contributed by atoms with E-state index in [1.165, 1.54) is 36.8 Å². The van der Waals surface area contributed by atoms with E-state index in [9.17, 15) is 0 Å². The van der Waals surface area contributed by atoms with Crippen molar-refractivity contribution in [2.75, 3.05) is 6.54 Å². The van der Waals surface area contributed by atoms with Gasteiger partial charge in [0.05, 0.1) is 0 Å². The molecule has 0 amide bonds. The van der Waals surface area contributed by atoms with E-state index < -0.39 is 0 Å². The molecule has 0 bridgehead atoms. The van der Waals surface area contributed by atoms with E-state index in [0.717, 1.165) is 13.0 Å². The Morgan fingerprint density at radius 3 is 3.17 bits per heavy atom. The molecule has 1 aliphatic heterocycles. The third-order valence-corrected chi connectivity index (χ3v) is 3.46. The fraction of sp³-hybridized carbons (Fsp3) is 0.471. The average Bonchev–Trinajstić information content (AvgIpc) is 2.48. The first-order valence-electron chi connectivity index (χ1n) is 7.05. The van der Waals surface area contributed by atoms with E-state index in [-0.39, 0.29) is 0 Å². The Morgan fingerprint density at radius 1 is 1.28 bits per heavy atom. The van der Waals surface area contributed by atoms with Gasteiger partial charge in [-0.05, 0) is 50.5 Å². The van der Waals surface area contributed by atoms with Crippen LogP contribution in [0.2, 0.25) is 0 Å². The Morgan fingerprint density at radius 2 is 2.22 bits per heavy atom. The quantitative estimate of drug-likeness (QED) is 0.668. The van der Waals surface area contributed by atoms with Gasteiger partial charge in [-0.25, -0.2) is 0 Å². The van der Waals surface area contributed by atoms with Gasteiger partial charge < -0.3 is 0 Å². The molecule has 1 heteroatoms. The second-order valence-corrected chi connectivity index (χ2v) is 5.20. The number of hydrogen-bond donors (Lipinski definition) is 0. The molecule has 1 heterocycles. The monoisotopic (exact) mass is 241 g/mol. The zero-order chi connectivity index (χ0) is 12.6. The molecule has 0 saturated carbocycles. The molecule has 0 saturated heterocycles. The molecule has 1 aliphatic carbocycles. The van der Waals surface area contributed by atoms with E-state index in [1.54, 1.807) is 0 Å². The van der Waals surface area contributed by atoms with Crippen LogP contribution in [0.1, 0.15) is 39.0 Å². The summed E-state index contributed by atoms with van der Waals surface area (Å²) in [5.74, 6) is 0.646. The van der Waals surface area contributed by atoms with E-state index in [4.69, 9.17) is 0 Å². The highest BCUT2D eigenvalue weighted by Gasteiger charge is 2.09. The second-order valence-electron chi connectivity index (χ2n) is 5.20. The minimum Gasteiger partial charge on any atom is -0.293 e. The number of allylic oxidation sites excluding steroid dienone is 8. The largest absolute Gasteiger partial charge is 0.293 e. The van der Waals surface area contributed by atoms with Crippen molar-refractivity contribution in [1.82, 2.24) is 0 Å². The average molecular weight is 241 g/mol. The number of nitrogens with zero attached hydrogens (tertiary/aromatic N) is 1. The minimum absolute atomic E-state index is 0.646. The van der Waals surface area contributed by atoms with Crippen LogP contribution < -0.4 is 0 Å². The van der Waals surface area contributed by atoms with E-state index >= 15 is 0 Å². The third-order valence-electron chi connectivity index (χ3n) is 3.46. The molecular formula is C17H23N. The van der Waals surface area contributed by atoms with Gasteiger partial charge in [-0.3, -0.25) is 4.99 Å². The molecule has 0 spiro atoms. The molecule has 0 aromatic heterocycles. The van der Waals surface area contributed by atoms with Crippen molar-refractivity contribution in [2.24, 2.45) is 10.9 Å². The van der Waals surface area contributed by atoms with Crippen molar-refractivity contribution in [1.29, 1.82) is 0 Å². The molecule has 2 rings (SSSR count). The summed E-state index contributed by atoms with van der Waals surface area (Å²) >= 11 is 0. The number of aliphatic imine (C=N–C) groups is 1. The molecule has 1 nitrogen and oxygen atoms in total. The van der Waals surface area contributed by atoms with Gasteiger partial charge in [0.25, 0.3) is 0 Å². The van der Waals surface area contributed by atoms with Crippen LogP contribution >= 0.6 is 0 Å². The highest BCUT2D eigenvalue weighted by molar-refractivity contribution is 5.77. The Bertz CT molecular complexity index is 407. The van der Waals surface area contributed by atoms with Gasteiger partial charge >= 0.3 is 0 Å². The SMILES string of the molecule is CC1=CC(CC2=CCCC/C=C/C=C2)CCN=C1. The third kappa shape index (κ3) is 4.48. The maximum atomic E-state index is 4.40. The van der Waals surface area contributed by atoms with E-state index in [0.29, 0.717) is 5.92 Å². The fourth-order valence-corrected chi connectivity index (χ4v) is 2.51. The molecule has 1 atom stereocenters. The van der Waals surface area contributed by atoms with Crippen LogP contribution in [0.15, 0.2) is 52.6 Å². The summed E-state index contributed by atoms with van der Waals surface area (Å²) in [6, 6.07) is 0. The maximum Gasteiger partial charge on any atom is 0.0395 e. The molecule has 0 aromatic carbocycles. The molecule has 96 valence electrons. The summed E-state index contributed by atoms with van der Waals surface area (Å²) in [6.07, 6.45) is 21.7. The van der Waals surface area contributed by atoms with Gasteiger partial charge in [-0.2, -0.15) is 0 Å². The molecule has 18 heavy (non-hydrogen) atoms. The van der Waals surface area contributed by atoms with Crippen molar-refractivity contribution in [3.63, 3.8) is 0 Å². The zero-order valence-corrected chi connectivity index (χ0v) is 11.3. The van der Waals surface area contributed by atoms with Crippen LogP contribution in [0.25, 0.3) is 0 Å². The van der Waals surface area contributed by atoms with Crippen LogP contribution in [0.3, 0.4) is 0 Å². The standard InChI is InChI=1S/C17H23N/c1-15-12-17(10-11-18-14-15)13-16-8-6-4-2-3-5-7-9-16/h2,4,6,8-9,12,14,17H,3,5,7,10-11,13H2,1H3/b4-2+,8-6?,16-9?. The van der Waals surface area contributed by atoms with Crippen LogP contribution in [0.4, 0.5) is 0 Å². The molecule has 1 unspecified atom stereocenters. The Balaban J connectivity index is 2.00. The maximum absolute atomic E-state index is 4.40. The summed E-state index contributed by atoms with van der Waals surface area (Å²) in [4.78, 5) is 4.40. The normalized spacial score (nSPS) is 26.4. The first kappa shape index (κ1) is 13.1. The fourth-order valence-electron chi connectivity index (χ4n) is 2.51. The first-order valence-corrected chi connectivity index (χ1v) is 7.05. The molecule has 2 aliphatic rings. The van der Waals surface area contributed by atoms with Gasteiger partial charge in [0.1, 0.15) is 0 Å². The second kappa shape index (κ2) is 7.15. The van der Waals surface area contributed by atoms with Crippen LogP contribution in [-0.2, 0) is 0 Å². The summed E-state index contributed by atoms with van der Waals surface area (Å²) < 4.78 is 0. The van der Waals surface area contributed by atoms with Gasteiger partial charge in [-0.15, -0.1) is 0 Å². The molecule has 0 aromatic rings. The number of hydrogen-bond acceptors (Lipinski definition) is 1. The highest BCUT2D eigenvalue weighted by Crippen LogP contribution is 2.22. The Hall–Kier alpha value is -1.37.